The minimum absolute atomic E-state index is 0.0208. The molecule has 1 saturated heterocycles. The first-order valence-electron chi connectivity index (χ1n) is 10.9. The van der Waals surface area contributed by atoms with E-state index in [9.17, 15) is 14.0 Å². The number of aromatic nitrogens is 1. The molecule has 176 valence electrons. The molecule has 2 aliphatic heterocycles. The second kappa shape index (κ2) is 8.91. The molecule has 0 saturated carbocycles. The largest absolute Gasteiger partial charge is 0.481 e. The maximum absolute atomic E-state index is 14.1. The van der Waals surface area contributed by atoms with Crippen LogP contribution in [0.3, 0.4) is 0 Å². The quantitative estimate of drug-likeness (QED) is 0.696. The van der Waals surface area contributed by atoms with E-state index in [2.05, 4.69) is 0 Å². The van der Waals surface area contributed by atoms with Crippen molar-refractivity contribution in [2.24, 2.45) is 5.92 Å². The van der Waals surface area contributed by atoms with Crippen molar-refractivity contribution >= 4 is 34.9 Å². The van der Waals surface area contributed by atoms with Crippen LogP contribution in [0.2, 0.25) is 5.02 Å². The topological polar surface area (TPSA) is 83.0 Å². The molecular weight excluding hydrogens is 449 g/mol. The number of hydrogen-bond donors (Lipinski definition) is 1. The summed E-state index contributed by atoms with van der Waals surface area (Å²) in [6, 6.07) is 8.23. The molecule has 0 bridgehead atoms. The van der Waals surface area contributed by atoms with E-state index in [1.165, 1.54) is 19.2 Å². The lowest BCUT2D eigenvalue weighted by Gasteiger charge is -2.37. The fourth-order valence-electron chi connectivity index (χ4n) is 4.76. The van der Waals surface area contributed by atoms with Gasteiger partial charge in [-0.25, -0.2) is 9.37 Å². The molecule has 33 heavy (non-hydrogen) atoms. The summed E-state index contributed by atoms with van der Waals surface area (Å²) in [5, 5.41) is 9.19. The van der Waals surface area contributed by atoms with Gasteiger partial charge in [0.2, 0.25) is 0 Å². The van der Waals surface area contributed by atoms with Gasteiger partial charge in [-0.05, 0) is 42.7 Å². The zero-order valence-corrected chi connectivity index (χ0v) is 19.6. The molecule has 1 aromatic heterocycles. The van der Waals surface area contributed by atoms with Gasteiger partial charge < -0.3 is 19.6 Å². The lowest BCUT2D eigenvalue weighted by Crippen LogP contribution is -2.48. The maximum atomic E-state index is 14.1. The van der Waals surface area contributed by atoms with Gasteiger partial charge in [0.05, 0.1) is 28.9 Å². The first-order chi connectivity index (χ1) is 15.6. The van der Waals surface area contributed by atoms with Gasteiger partial charge >= 0.3 is 5.97 Å². The van der Waals surface area contributed by atoms with E-state index in [1.807, 2.05) is 24.8 Å². The number of benzene rings is 1. The van der Waals surface area contributed by atoms with Crippen molar-refractivity contribution < 1.29 is 23.8 Å². The van der Waals surface area contributed by atoms with E-state index in [4.69, 9.17) is 26.4 Å². The lowest BCUT2D eigenvalue weighted by atomic mass is 9.90. The number of methoxy groups -OCH3 is 1. The predicted octanol–water partition coefficient (Wildman–Crippen LogP) is 4.26. The Balaban J connectivity index is 1.58. The number of fused-ring (bicyclic) bond motifs is 1. The monoisotopic (exact) mass is 475 g/mol. The highest BCUT2D eigenvalue weighted by molar-refractivity contribution is 6.30. The first-order valence-corrected chi connectivity index (χ1v) is 11.3. The molecular formula is C24H27ClFN3O4. The third-order valence-electron chi connectivity index (χ3n) is 6.52. The van der Waals surface area contributed by atoms with Crippen molar-refractivity contribution in [3.63, 3.8) is 0 Å². The normalized spacial score (nSPS) is 21.7. The molecule has 0 aliphatic carbocycles. The summed E-state index contributed by atoms with van der Waals surface area (Å²) in [6.45, 7) is 5.44. The van der Waals surface area contributed by atoms with Crippen LogP contribution in [0.15, 0.2) is 30.3 Å². The van der Waals surface area contributed by atoms with Crippen molar-refractivity contribution in [1.29, 1.82) is 0 Å². The first kappa shape index (κ1) is 23.4. The second-order valence-electron chi connectivity index (χ2n) is 9.30. The molecule has 0 radical (unpaired) electrons. The van der Waals surface area contributed by atoms with Gasteiger partial charge in [-0.2, -0.15) is 0 Å². The minimum atomic E-state index is -0.866. The molecule has 2 atom stereocenters. The molecule has 1 aromatic carbocycles. The molecule has 0 spiro atoms. The minimum Gasteiger partial charge on any atom is -0.481 e. The second-order valence-corrected chi connectivity index (χ2v) is 9.71. The zero-order chi connectivity index (χ0) is 23.9. The third-order valence-corrected chi connectivity index (χ3v) is 6.82. The highest BCUT2D eigenvalue weighted by Gasteiger charge is 2.39. The van der Waals surface area contributed by atoms with Crippen LogP contribution in [0, 0.1) is 11.7 Å². The molecule has 3 heterocycles. The van der Waals surface area contributed by atoms with Gasteiger partial charge in [-0.15, -0.1) is 0 Å². The number of piperidine rings is 1. The number of carboxylic acid groups (broad SMARTS) is 1. The van der Waals surface area contributed by atoms with Crippen molar-refractivity contribution in [1.82, 2.24) is 9.88 Å². The lowest BCUT2D eigenvalue weighted by molar-refractivity contribution is -0.140. The van der Waals surface area contributed by atoms with Crippen LogP contribution in [-0.4, -0.2) is 59.7 Å². The molecule has 1 amide bonds. The van der Waals surface area contributed by atoms with Crippen LogP contribution in [-0.2, 0) is 14.9 Å². The summed E-state index contributed by atoms with van der Waals surface area (Å²) in [5.41, 5.74) is 2.25. The molecule has 7 nitrogen and oxygen atoms in total. The van der Waals surface area contributed by atoms with E-state index in [0.717, 1.165) is 11.4 Å². The Morgan fingerprint density at radius 1 is 1.30 bits per heavy atom. The molecule has 1 unspecified atom stereocenters. The van der Waals surface area contributed by atoms with Gasteiger partial charge in [0.25, 0.3) is 5.91 Å². The Hall–Kier alpha value is -2.71. The van der Waals surface area contributed by atoms with Crippen LogP contribution in [0.25, 0.3) is 0 Å². The zero-order valence-electron chi connectivity index (χ0n) is 18.8. The number of carbonyl (C=O) groups excluding carboxylic acids is 1. The van der Waals surface area contributed by atoms with E-state index in [0.29, 0.717) is 37.4 Å². The number of aliphatic carboxylic acids is 1. The summed E-state index contributed by atoms with van der Waals surface area (Å²) in [6.07, 6.45) is 0.246. The number of carbonyl (C=O) groups is 2. The van der Waals surface area contributed by atoms with Gasteiger partial charge in [-0.1, -0.05) is 25.4 Å². The summed E-state index contributed by atoms with van der Waals surface area (Å²) in [7, 11) is 1.54. The molecule has 9 heteroatoms. The number of likely N-dealkylation sites (tertiary alicyclic amines) is 1. The van der Waals surface area contributed by atoms with Crippen LogP contribution < -0.4 is 4.90 Å². The van der Waals surface area contributed by atoms with Gasteiger partial charge in [0.1, 0.15) is 11.5 Å². The van der Waals surface area contributed by atoms with Gasteiger partial charge in [0.15, 0.2) is 0 Å². The van der Waals surface area contributed by atoms with Gasteiger partial charge in [-0.3, -0.25) is 9.59 Å². The van der Waals surface area contributed by atoms with E-state index in [-0.39, 0.29) is 34.8 Å². The maximum Gasteiger partial charge on any atom is 0.303 e. The van der Waals surface area contributed by atoms with Crippen LogP contribution in [0.5, 0.6) is 0 Å². The summed E-state index contributed by atoms with van der Waals surface area (Å²) in [5.74, 6) is -1.69. The van der Waals surface area contributed by atoms with Crippen molar-refractivity contribution in [2.75, 3.05) is 31.6 Å². The summed E-state index contributed by atoms with van der Waals surface area (Å²) >= 11 is 5.84. The smallest absolute Gasteiger partial charge is 0.303 e. The number of ether oxygens (including phenoxy) is 1. The van der Waals surface area contributed by atoms with Crippen molar-refractivity contribution in [2.45, 2.75) is 38.2 Å². The van der Waals surface area contributed by atoms with Crippen molar-refractivity contribution in [3.8, 4) is 0 Å². The SMILES string of the molecule is CO[C@H]1CN(C(=O)c2ccc3c(n2)C(C)(C)CN3c2ccc(Cl)c(F)c2)CCC1CC(=O)O. The number of pyridine rings is 1. The number of amides is 1. The molecule has 1 N–H and O–H groups in total. The predicted molar refractivity (Wildman–Crippen MR) is 123 cm³/mol. The Labute approximate surface area is 197 Å². The van der Waals surface area contributed by atoms with Crippen molar-refractivity contribution in [3.05, 3.63) is 52.6 Å². The molecule has 2 aromatic rings. The number of rotatable bonds is 5. The third kappa shape index (κ3) is 4.54. The Morgan fingerprint density at radius 2 is 2.06 bits per heavy atom. The molecule has 2 aliphatic rings. The average molecular weight is 476 g/mol. The van der Waals surface area contributed by atoms with Crippen LogP contribution >= 0.6 is 11.6 Å². The fourth-order valence-corrected chi connectivity index (χ4v) is 4.88. The molecule has 1 fully saturated rings. The van der Waals surface area contributed by atoms with E-state index in [1.54, 1.807) is 17.0 Å². The summed E-state index contributed by atoms with van der Waals surface area (Å²) in [4.78, 5) is 32.8. The highest BCUT2D eigenvalue weighted by atomic mass is 35.5. The standard InChI is InChI=1S/C24H27ClFN3O4/c1-24(2)13-29(15-4-5-16(25)17(26)11-15)19-7-6-18(27-22(19)24)23(32)28-9-8-14(10-21(30)31)20(12-28)33-3/h4-7,11,14,20H,8-10,12-13H2,1-3H3,(H,30,31)/t14?,20-/m0/s1. The number of halogens is 2. The Morgan fingerprint density at radius 3 is 2.73 bits per heavy atom. The highest BCUT2D eigenvalue weighted by Crippen LogP contribution is 2.43. The van der Waals surface area contributed by atoms with E-state index >= 15 is 0 Å². The van der Waals surface area contributed by atoms with Crippen LogP contribution in [0.4, 0.5) is 15.8 Å². The van der Waals surface area contributed by atoms with Gasteiger partial charge in [0, 0.05) is 37.8 Å². The average Bonchev–Trinajstić information content (AvgIpc) is 3.05. The Kier molecular flexibility index (Phi) is 6.33. The number of carboxylic acids is 1. The van der Waals surface area contributed by atoms with Crippen LogP contribution in [0.1, 0.15) is 42.9 Å². The Bertz CT molecular complexity index is 1090. The molecule has 4 rings (SSSR count). The number of anilines is 2. The van der Waals surface area contributed by atoms with E-state index < -0.39 is 11.8 Å². The summed E-state index contributed by atoms with van der Waals surface area (Å²) < 4.78 is 19.6. The fraction of sp³-hybridized carbons (Fsp3) is 0.458. The number of nitrogens with zero attached hydrogens (tertiary/aromatic N) is 3. The number of hydrogen-bond acceptors (Lipinski definition) is 5.